The van der Waals surface area contributed by atoms with Crippen molar-refractivity contribution in [3.63, 3.8) is 0 Å². The standard InChI is InChI=1S/C20H13ClF4N2O3/c21-16-2-1-3-17(22)15(16)11-27-10-12(4-9-18(27)28)19(29)26-13-5-7-14(8-6-13)30-20(23,24)25/h1-10H,11H2,(H,26,29). The van der Waals surface area contributed by atoms with Gasteiger partial charge in [-0.2, -0.15) is 0 Å². The molecule has 0 spiro atoms. The van der Waals surface area contributed by atoms with Gasteiger partial charge in [-0.1, -0.05) is 17.7 Å². The van der Waals surface area contributed by atoms with Gasteiger partial charge in [0.05, 0.1) is 12.1 Å². The Labute approximate surface area is 172 Å². The molecule has 156 valence electrons. The summed E-state index contributed by atoms with van der Waals surface area (Å²) in [5.74, 6) is -1.64. The number of nitrogens with zero attached hydrogens (tertiary/aromatic N) is 1. The van der Waals surface area contributed by atoms with Gasteiger partial charge >= 0.3 is 6.36 Å². The molecule has 0 saturated heterocycles. The molecule has 1 aromatic heterocycles. The maximum atomic E-state index is 14.0. The Bertz CT molecular complexity index is 1110. The Morgan fingerprint density at radius 3 is 2.40 bits per heavy atom. The first kappa shape index (κ1) is 21.4. The second-order valence-electron chi connectivity index (χ2n) is 6.11. The molecular weight excluding hydrogens is 428 g/mol. The Morgan fingerprint density at radius 1 is 1.07 bits per heavy atom. The molecular formula is C20H13ClF4N2O3. The fraction of sp³-hybridized carbons (Fsp3) is 0.100. The van der Waals surface area contributed by atoms with Gasteiger partial charge in [-0.3, -0.25) is 9.59 Å². The van der Waals surface area contributed by atoms with Gasteiger partial charge in [0, 0.05) is 28.5 Å². The van der Waals surface area contributed by atoms with E-state index in [0.29, 0.717) is 0 Å². The zero-order valence-corrected chi connectivity index (χ0v) is 15.8. The monoisotopic (exact) mass is 440 g/mol. The number of hydrogen-bond donors (Lipinski definition) is 1. The molecule has 30 heavy (non-hydrogen) atoms. The fourth-order valence-corrected chi connectivity index (χ4v) is 2.81. The molecule has 5 nitrogen and oxygen atoms in total. The smallest absolute Gasteiger partial charge is 0.406 e. The molecule has 0 aliphatic carbocycles. The summed E-state index contributed by atoms with van der Waals surface area (Å²) in [7, 11) is 0. The molecule has 0 saturated carbocycles. The van der Waals surface area contributed by atoms with E-state index in [0.717, 1.165) is 22.8 Å². The number of anilines is 1. The first-order valence-electron chi connectivity index (χ1n) is 8.43. The summed E-state index contributed by atoms with van der Waals surface area (Å²) in [5, 5.41) is 2.63. The SMILES string of the molecule is O=C(Nc1ccc(OC(F)(F)F)cc1)c1ccc(=O)n(Cc2c(F)cccc2Cl)c1. The van der Waals surface area contributed by atoms with Crippen LogP contribution in [0.25, 0.3) is 0 Å². The molecule has 1 N–H and O–H groups in total. The summed E-state index contributed by atoms with van der Waals surface area (Å²) in [6, 6.07) is 11.1. The Hall–Kier alpha value is -3.33. The van der Waals surface area contributed by atoms with Gasteiger partial charge < -0.3 is 14.6 Å². The second kappa shape index (κ2) is 8.58. The molecule has 0 unspecified atom stereocenters. The van der Waals surface area contributed by atoms with E-state index in [2.05, 4.69) is 10.1 Å². The summed E-state index contributed by atoms with van der Waals surface area (Å²) in [6.07, 6.45) is -3.58. The van der Waals surface area contributed by atoms with Crippen molar-refractivity contribution < 1.29 is 27.1 Å². The molecule has 0 radical (unpaired) electrons. The predicted octanol–water partition coefficient (Wildman–Crippen LogP) is 4.84. The zero-order valence-electron chi connectivity index (χ0n) is 15.0. The van der Waals surface area contributed by atoms with Gasteiger partial charge in [0.25, 0.3) is 11.5 Å². The third kappa shape index (κ3) is 5.38. The molecule has 0 atom stereocenters. The van der Waals surface area contributed by atoms with Gasteiger partial charge in [0.1, 0.15) is 11.6 Å². The van der Waals surface area contributed by atoms with Crippen molar-refractivity contribution in [2.45, 2.75) is 12.9 Å². The van der Waals surface area contributed by atoms with Crippen LogP contribution in [0.15, 0.2) is 65.6 Å². The lowest BCUT2D eigenvalue weighted by atomic mass is 10.2. The number of benzene rings is 2. The number of halogens is 5. The lowest BCUT2D eigenvalue weighted by molar-refractivity contribution is -0.274. The molecule has 0 aliphatic rings. The van der Waals surface area contributed by atoms with Crippen LogP contribution < -0.4 is 15.6 Å². The maximum Gasteiger partial charge on any atom is 0.573 e. The molecule has 3 aromatic rings. The van der Waals surface area contributed by atoms with Gasteiger partial charge in [0.15, 0.2) is 0 Å². The van der Waals surface area contributed by atoms with E-state index in [4.69, 9.17) is 11.6 Å². The summed E-state index contributed by atoms with van der Waals surface area (Å²) < 4.78 is 55.5. The van der Waals surface area contributed by atoms with E-state index < -0.39 is 29.4 Å². The van der Waals surface area contributed by atoms with Crippen LogP contribution in [0.1, 0.15) is 15.9 Å². The van der Waals surface area contributed by atoms with E-state index >= 15 is 0 Å². The molecule has 10 heteroatoms. The number of carbonyl (C=O) groups is 1. The number of aromatic nitrogens is 1. The second-order valence-corrected chi connectivity index (χ2v) is 6.52. The van der Waals surface area contributed by atoms with Gasteiger partial charge in [-0.15, -0.1) is 13.2 Å². The van der Waals surface area contributed by atoms with Crippen LogP contribution in [0.5, 0.6) is 5.75 Å². The Balaban J connectivity index is 1.77. The van der Waals surface area contributed by atoms with Crippen molar-refractivity contribution in [3.05, 3.63) is 93.1 Å². The lowest BCUT2D eigenvalue weighted by Crippen LogP contribution is -2.23. The van der Waals surface area contributed by atoms with Crippen LogP contribution in [-0.2, 0) is 6.54 Å². The molecule has 0 bridgehead atoms. The maximum absolute atomic E-state index is 14.0. The van der Waals surface area contributed by atoms with Crippen molar-refractivity contribution in [2.75, 3.05) is 5.32 Å². The van der Waals surface area contributed by atoms with Crippen molar-refractivity contribution >= 4 is 23.2 Å². The largest absolute Gasteiger partial charge is 0.573 e. The highest BCUT2D eigenvalue weighted by atomic mass is 35.5. The van der Waals surface area contributed by atoms with Gasteiger partial charge in [0.2, 0.25) is 0 Å². The highest BCUT2D eigenvalue weighted by Crippen LogP contribution is 2.24. The number of pyridine rings is 1. The number of nitrogens with one attached hydrogen (secondary N) is 1. The number of ether oxygens (including phenoxy) is 1. The quantitative estimate of drug-likeness (QED) is 0.577. The fourth-order valence-electron chi connectivity index (χ4n) is 2.59. The number of hydrogen-bond acceptors (Lipinski definition) is 3. The van der Waals surface area contributed by atoms with Gasteiger partial charge in [-0.05, 0) is 42.5 Å². The summed E-state index contributed by atoms with van der Waals surface area (Å²) in [5.41, 5.74) is -0.0827. The molecule has 3 rings (SSSR count). The van der Waals surface area contributed by atoms with Crippen molar-refractivity contribution in [1.82, 2.24) is 4.57 Å². The number of amides is 1. The minimum atomic E-state index is -4.82. The average molecular weight is 441 g/mol. The number of alkyl halides is 3. The molecule has 1 amide bonds. The normalized spacial score (nSPS) is 11.2. The molecule has 0 aliphatic heterocycles. The van der Waals surface area contributed by atoms with Crippen LogP contribution in [0.3, 0.4) is 0 Å². The summed E-state index contributed by atoms with van der Waals surface area (Å²) >= 11 is 5.98. The third-order valence-corrected chi connectivity index (χ3v) is 4.34. The van der Waals surface area contributed by atoms with Gasteiger partial charge in [-0.25, -0.2) is 4.39 Å². The minimum Gasteiger partial charge on any atom is -0.406 e. The average Bonchev–Trinajstić information content (AvgIpc) is 2.66. The molecule has 2 aromatic carbocycles. The van der Waals surface area contributed by atoms with Crippen LogP contribution in [0.2, 0.25) is 5.02 Å². The predicted molar refractivity (Wildman–Crippen MR) is 102 cm³/mol. The zero-order chi connectivity index (χ0) is 21.9. The van der Waals surface area contributed by atoms with Crippen LogP contribution in [0.4, 0.5) is 23.2 Å². The van der Waals surface area contributed by atoms with Crippen molar-refractivity contribution in [2.24, 2.45) is 0 Å². The van der Waals surface area contributed by atoms with E-state index in [1.165, 1.54) is 42.6 Å². The summed E-state index contributed by atoms with van der Waals surface area (Å²) in [6.45, 7) is -0.186. The van der Waals surface area contributed by atoms with Crippen molar-refractivity contribution in [3.8, 4) is 5.75 Å². The summed E-state index contributed by atoms with van der Waals surface area (Å²) in [4.78, 5) is 24.5. The highest BCUT2D eigenvalue weighted by molar-refractivity contribution is 6.31. The van der Waals surface area contributed by atoms with E-state index in [1.54, 1.807) is 0 Å². The Morgan fingerprint density at radius 2 is 1.77 bits per heavy atom. The van der Waals surface area contributed by atoms with E-state index in [9.17, 15) is 27.2 Å². The third-order valence-electron chi connectivity index (χ3n) is 3.98. The highest BCUT2D eigenvalue weighted by Gasteiger charge is 2.31. The lowest BCUT2D eigenvalue weighted by Gasteiger charge is -2.12. The van der Waals surface area contributed by atoms with Crippen LogP contribution in [0, 0.1) is 5.82 Å². The van der Waals surface area contributed by atoms with Crippen molar-refractivity contribution in [1.29, 1.82) is 0 Å². The van der Waals surface area contributed by atoms with Crippen LogP contribution in [-0.4, -0.2) is 16.8 Å². The van der Waals surface area contributed by atoms with E-state index in [-0.39, 0.29) is 28.4 Å². The topological polar surface area (TPSA) is 60.3 Å². The number of rotatable bonds is 5. The first-order chi connectivity index (χ1) is 14.1. The first-order valence-corrected chi connectivity index (χ1v) is 8.81. The Kier molecular flexibility index (Phi) is 6.12. The van der Waals surface area contributed by atoms with E-state index in [1.807, 2.05) is 0 Å². The molecule has 1 heterocycles. The number of carbonyl (C=O) groups excluding carboxylic acids is 1. The molecule has 0 fully saturated rings. The minimum absolute atomic E-state index is 0.0812. The van der Waals surface area contributed by atoms with Crippen LogP contribution >= 0.6 is 11.6 Å².